The van der Waals surface area contributed by atoms with Crippen molar-refractivity contribution in [2.45, 2.75) is 19.3 Å². The maximum absolute atomic E-state index is 12.7. The van der Waals surface area contributed by atoms with Gasteiger partial charge in [0.2, 0.25) is 5.95 Å². The smallest absolute Gasteiger partial charge is 0.255 e. The van der Waals surface area contributed by atoms with Crippen LogP contribution < -0.4 is 0 Å². The number of alkyl halides is 2. The van der Waals surface area contributed by atoms with Crippen molar-refractivity contribution in [1.29, 1.82) is 0 Å². The maximum atomic E-state index is 12.7. The van der Waals surface area contributed by atoms with Crippen molar-refractivity contribution in [2.24, 2.45) is 0 Å². The number of rotatable bonds is 5. The van der Waals surface area contributed by atoms with E-state index in [1.807, 2.05) is 0 Å². The molecule has 19 heavy (non-hydrogen) atoms. The van der Waals surface area contributed by atoms with Crippen LogP contribution in [0.15, 0.2) is 30.1 Å². The van der Waals surface area contributed by atoms with E-state index in [4.69, 9.17) is 4.74 Å². The summed E-state index contributed by atoms with van der Waals surface area (Å²) in [4.78, 5) is 4.86. The number of aromatic nitrogens is 1. The predicted molar refractivity (Wildman–Crippen MR) is 60.7 cm³/mol. The van der Waals surface area contributed by atoms with Gasteiger partial charge in [0.1, 0.15) is 0 Å². The van der Waals surface area contributed by atoms with Gasteiger partial charge < -0.3 is 14.7 Å². The van der Waals surface area contributed by atoms with Crippen LogP contribution in [-0.2, 0) is 11.3 Å². The van der Waals surface area contributed by atoms with E-state index in [0.29, 0.717) is 11.3 Å². The molecule has 0 aliphatic carbocycles. The molecule has 1 unspecified atom stereocenters. The van der Waals surface area contributed by atoms with Gasteiger partial charge in [-0.05, 0) is 17.7 Å². The van der Waals surface area contributed by atoms with Crippen molar-refractivity contribution >= 4 is 0 Å². The van der Waals surface area contributed by atoms with Crippen LogP contribution in [0, 0.1) is 5.95 Å². The molecule has 0 spiro atoms. The highest BCUT2D eigenvalue weighted by molar-refractivity contribution is 5.14. The van der Waals surface area contributed by atoms with Gasteiger partial charge in [-0.1, -0.05) is 6.07 Å². The van der Waals surface area contributed by atoms with E-state index < -0.39 is 25.2 Å². The highest BCUT2D eigenvalue weighted by Crippen LogP contribution is 2.18. The highest BCUT2D eigenvalue weighted by Gasteiger charge is 2.21. The molecule has 1 aliphatic rings. The Bertz CT molecular complexity index is 451. The molecule has 0 bridgehead atoms. The highest BCUT2D eigenvalue weighted by atomic mass is 19.3. The molecule has 104 valence electrons. The fourth-order valence-corrected chi connectivity index (χ4v) is 1.80. The molecule has 0 amide bonds. The van der Waals surface area contributed by atoms with Crippen LogP contribution in [0.4, 0.5) is 13.2 Å². The number of halogens is 3. The SMILES string of the molecule is OC1C=C(N(Cc2ccc(F)nc2)CC(F)F)CO1. The van der Waals surface area contributed by atoms with E-state index in [1.165, 1.54) is 29.3 Å². The van der Waals surface area contributed by atoms with Gasteiger partial charge in [0.25, 0.3) is 6.43 Å². The van der Waals surface area contributed by atoms with Gasteiger partial charge in [-0.25, -0.2) is 13.8 Å². The largest absolute Gasteiger partial charge is 0.365 e. The fourth-order valence-electron chi connectivity index (χ4n) is 1.80. The van der Waals surface area contributed by atoms with Crippen molar-refractivity contribution in [3.63, 3.8) is 0 Å². The summed E-state index contributed by atoms with van der Waals surface area (Å²) in [5.74, 6) is -0.622. The molecule has 0 radical (unpaired) electrons. The van der Waals surface area contributed by atoms with Crippen LogP contribution in [0.2, 0.25) is 0 Å². The molecule has 0 fully saturated rings. The zero-order valence-electron chi connectivity index (χ0n) is 9.97. The van der Waals surface area contributed by atoms with Crippen LogP contribution in [0.3, 0.4) is 0 Å². The molecule has 1 aromatic rings. The number of hydrogen-bond acceptors (Lipinski definition) is 4. The predicted octanol–water partition coefficient (Wildman–Crippen LogP) is 1.52. The molecule has 0 saturated heterocycles. The summed E-state index contributed by atoms with van der Waals surface area (Å²) in [6, 6.07) is 2.65. The molecular weight excluding hydrogens is 261 g/mol. The lowest BCUT2D eigenvalue weighted by Crippen LogP contribution is -2.28. The van der Waals surface area contributed by atoms with Gasteiger partial charge in [-0.3, -0.25) is 0 Å². The average Bonchev–Trinajstić information content (AvgIpc) is 2.77. The number of hydrogen-bond donors (Lipinski definition) is 1. The number of nitrogens with zero attached hydrogens (tertiary/aromatic N) is 2. The third-order valence-electron chi connectivity index (χ3n) is 2.66. The first-order valence-corrected chi connectivity index (χ1v) is 5.68. The Morgan fingerprint density at radius 3 is 2.79 bits per heavy atom. The van der Waals surface area contributed by atoms with Crippen molar-refractivity contribution in [2.75, 3.05) is 13.2 Å². The quantitative estimate of drug-likeness (QED) is 0.827. The minimum atomic E-state index is -2.52. The molecule has 2 rings (SSSR count). The van der Waals surface area contributed by atoms with Gasteiger partial charge in [0.15, 0.2) is 6.29 Å². The molecule has 2 heterocycles. The van der Waals surface area contributed by atoms with Crippen molar-refractivity contribution in [3.8, 4) is 0 Å². The Hall–Kier alpha value is -1.60. The number of pyridine rings is 1. The number of aliphatic hydroxyl groups excluding tert-OH is 1. The van der Waals surface area contributed by atoms with Crippen molar-refractivity contribution < 1.29 is 23.0 Å². The normalized spacial score (nSPS) is 18.8. The van der Waals surface area contributed by atoms with E-state index in [-0.39, 0.29) is 13.2 Å². The summed E-state index contributed by atoms with van der Waals surface area (Å²) in [6.07, 6.45) is -0.923. The minimum absolute atomic E-state index is 0.0719. The van der Waals surface area contributed by atoms with Gasteiger partial charge in [0.05, 0.1) is 13.2 Å². The molecule has 1 atom stereocenters. The molecule has 1 aromatic heterocycles. The topological polar surface area (TPSA) is 45.6 Å². The second-order valence-corrected chi connectivity index (χ2v) is 4.12. The van der Waals surface area contributed by atoms with E-state index >= 15 is 0 Å². The van der Waals surface area contributed by atoms with Crippen molar-refractivity contribution in [1.82, 2.24) is 9.88 Å². The third-order valence-corrected chi connectivity index (χ3v) is 2.66. The molecule has 0 saturated carbocycles. The minimum Gasteiger partial charge on any atom is -0.365 e. The summed E-state index contributed by atoms with van der Waals surface area (Å²) in [7, 11) is 0. The average molecular weight is 274 g/mol. The zero-order valence-corrected chi connectivity index (χ0v) is 9.97. The lowest BCUT2D eigenvalue weighted by molar-refractivity contribution is -0.0418. The Morgan fingerprint density at radius 1 is 1.47 bits per heavy atom. The molecular formula is C12H13F3N2O2. The summed E-state index contributed by atoms with van der Waals surface area (Å²) in [5.41, 5.74) is 1.08. The number of ether oxygens (including phenoxy) is 1. The summed E-state index contributed by atoms with van der Waals surface area (Å²) in [5, 5.41) is 9.21. The fraction of sp³-hybridized carbons (Fsp3) is 0.417. The molecule has 7 heteroatoms. The van der Waals surface area contributed by atoms with E-state index in [1.54, 1.807) is 0 Å². The summed E-state index contributed by atoms with van der Waals surface area (Å²) < 4.78 is 42.7. The van der Waals surface area contributed by atoms with E-state index in [9.17, 15) is 18.3 Å². The van der Waals surface area contributed by atoms with Gasteiger partial charge in [0, 0.05) is 18.4 Å². The molecule has 1 aliphatic heterocycles. The summed E-state index contributed by atoms with van der Waals surface area (Å²) >= 11 is 0. The van der Waals surface area contributed by atoms with Crippen LogP contribution >= 0.6 is 0 Å². The Morgan fingerprint density at radius 2 is 2.26 bits per heavy atom. The first-order chi connectivity index (χ1) is 9.04. The van der Waals surface area contributed by atoms with E-state index in [2.05, 4.69) is 4.98 Å². The second kappa shape index (κ2) is 6.03. The maximum Gasteiger partial charge on any atom is 0.255 e. The first kappa shape index (κ1) is 13.8. The Balaban J connectivity index is 2.09. The molecule has 0 aromatic carbocycles. The van der Waals surface area contributed by atoms with Crippen LogP contribution in [0.25, 0.3) is 0 Å². The molecule has 1 N–H and O–H groups in total. The van der Waals surface area contributed by atoms with E-state index in [0.717, 1.165) is 0 Å². The first-order valence-electron chi connectivity index (χ1n) is 5.68. The Kier molecular flexibility index (Phi) is 4.39. The monoisotopic (exact) mass is 274 g/mol. The Labute approximate surface area is 108 Å². The van der Waals surface area contributed by atoms with Gasteiger partial charge in [-0.15, -0.1) is 0 Å². The standard InChI is InChI=1S/C12H13F3N2O2/c13-10(14)6-17(9-3-12(18)19-7-9)5-8-1-2-11(15)16-4-8/h1-4,10,12,18H,5-7H2. The van der Waals surface area contributed by atoms with Crippen LogP contribution in [0.1, 0.15) is 5.56 Å². The van der Waals surface area contributed by atoms with Crippen LogP contribution in [0.5, 0.6) is 0 Å². The third kappa shape index (κ3) is 3.93. The van der Waals surface area contributed by atoms with Crippen molar-refractivity contribution in [3.05, 3.63) is 41.6 Å². The van der Waals surface area contributed by atoms with Crippen LogP contribution in [-0.4, -0.2) is 40.9 Å². The lowest BCUT2D eigenvalue weighted by atomic mass is 10.2. The second-order valence-electron chi connectivity index (χ2n) is 4.12. The lowest BCUT2D eigenvalue weighted by Gasteiger charge is -2.24. The summed E-state index contributed by atoms with van der Waals surface area (Å²) in [6.45, 7) is -0.263. The molecule has 4 nitrogen and oxygen atoms in total. The van der Waals surface area contributed by atoms with Gasteiger partial charge in [-0.2, -0.15) is 4.39 Å². The number of aliphatic hydroxyl groups is 1. The van der Waals surface area contributed by atoms with Gasteiger partial charge >= 0.3 is 0 Å². The zero-order chi connectivity index (χ0) is 13.8.